The minimum Gasteiger partial charge on any atom is -0.480 e. The fraction of sp³-hybridized carbons (Fsp3) is 0.519. The number of piperidine rings is 1. The number of carboxylic acids is 1. The van der Waals surface area contributed by atoms with Crippen molar-refractivity contribution < 1.29 is 14.7 Å². The number of nitrogens with one attached hydrogen (secondary N) is 1. The van der Waals surface area contributed by atoms with Gasteiger partial charge in [-0.15, -0.1) is 0 Å². The molecule has 1 amide bonds. The lowest BCUT2D eigenvalue weighted by Gasteiger charge is -2.44. The number of carboxylic acid groups (broad SMARTS) is 1. The molecule has 34 heavy (non-hydrogen) atoms. The van der Waals surface area contributed by atoms with E-state index in [1.54, 1.807) is 0 Å². The normalized spacial score (nSPS) is 20.2. The quantitative estimate of drug-likeness (QED) is 0.685. The van der Waals surface area contributed by atoms with Gasteiger partial charge in [-0.25, -0.2) is 4.98 Å². The van der Waals surface area contributed by atoms with Crippen LogP contribution in [0.5, 0.6) is 0 Å². The first-order valence-electron chi connectivity index (χ1n) is 12.5. The topological polar surface area (TPSA) is 85.8 Å². The molecule has 180 valence electrons. The summed E-state index contributed by atoms with van der Waals surface area (Å²) < 4.78 is 0. The van der Waals surface area contributed by atoms with Crippen molar-refractivity contribution in [2.75, 3.05) is 38.0 Å². The van der Waals surface area contributed by atoms with Crippen molar-refractivity contribution in [2.24, 2.45) is 11.8 Å². The molecule has 2 N–H and O–H groups in total. The van der Waals surface area contributed by atoms with E-state index in [-0.39, 0.29) is 11.8 Å². The monoisotopic (exact) mass is 462 g/mol. The van der Waals surface area contributed by atoms with Crippen molar-refractivity contribution >= 4 is 17.7 Å². The molecule has 1 aromatic heterocycles. The van der Waals surface area contributed by atoms with E-state index in [1.807, 2.05) is 41.0 Å². The Morgan fingerprint density at radius 3 is 2.56 bits per heavy atom. The van der Waals surface area contributed by atoms with Gasteiger partial charge < -0.3 is 15.3 Å². The first kappa shape index (κ1) is 22.8. The minimum absolute atomic E-state index is 0.0998. The second-order valence-corrected chi connectivity index (χ2v) is 10.1. The number of likely N-dealkylation sites (tertiary alicyclic amines) is 2. The fourth-order valence-corrected chi connectivity index (χ4v) is 5.53. The maximum atomic E-state index is 13.1. The number of pyridine rings is 1. The fourth-order valence-electron chi connectivity index (χ4n) is 5.53. The smallest absolute Gasteiger partial charge is 0.325 e. The molecule has 2 aromatic rings. The number of amides is 1. The third-order valence-electron chi connectivity index (χ3n) is 7.63. The Morgan fingerprint density at radius 2 is 1.85 bits per heavy atom. The molecule has 1 aromatic carbocycles. The number of fused-ring (bicyclic) bond motifs is 1. The van der Waals surface area contributed by atoms with Crippen LogP contribution in [0.15, 0.2) is 36.4 Å². The van der Waals surface area contributed by atoms with E-state index in [1.165, 1.54) is 12.0 Å². The second kappa shape index (κ2) is 9.74. The Bertz CT molecular complexity index is 1040. The van der Waals surface area contributed by atoms with Crippen LogP contribution >= 0.6 is 0 Å². The zero-order valence-electron chi connectivity index (χ0n) is 19.9. The second-order valence-electron chi connectivity index (χ2n) is 10.1. The van der Waals surface area contributed by atoms with Crippen LogP contribution in [0.1, 0.15) is 47.7 Å². The summed E-state index contributed by atoms with van der Waals surface area (Å²) in [6.07, 6.45) is 5.23. The number of aromatic nitrogens is 1. The van der Waals surface area contributed by atoms with Crippen LogP contribution in [0.4, 0.5) is 5.82 Å². The van der Waals surface area contributed by atoms with Crippen molar-refractivity contribution in [3.8, 4) is 0 Å². The van der Waals surface area contributed by atoms with E-state index in [9.17, 15) is 14.7 Å². The average molecular weight is 463 g/mol. The van der Waals surface area contributed by atoms with Crippen molar-refractivity contribution in [2.45, 2.75) is 45.1 Å². The van der Waals surface area contributed by atoms with Gasteiger partial charge in [-0.3, -0.25) is 14.5 Å². The standard InChI is InChI=1S/C27H34N4O3/c1-18-4-6-20(7-5-18)24(27(33)34)31-16-22(17-31)26(32)30-13-10-19(11-14-30)15-23-9-8-21-3-2-12-28-25(21)29-23/h4-9,19,22,24H,2-3,10-17H2,1H3,(H,28,29)(H,33,34). The number of carbonyl (C=O) groups excluding carboxylic acids is 1. The summed E-state index contributed by atoms with van der Waals surface area (Å²) in [4.78, 5) is 33.7. The van der Waals surface area contributed by atoms with Crippen LogP contribution in [-0.2, 0) is 22.4 Å². The molecule has 1 atom stereocenters. The first-order chi connectivity index (χ1) is 16.5. The van der Waals surface area contributed by atoms with Gasteiger partial charge in [0.1, 0.15) is 11.9 Å². The van der Waals surface area contributed by atoms with Crippen molar-refractivity contribution in [3.05, 3.63) is 58.8 Å². The summed E-state index contributed by atoms with van der Waals surface area (Å²) in [6.45, 7) is 5.57. The summed E-state index contributed by atoms with van der Waals surface area (Å²) in [5.41, 5.74) is 4.34. The third-order valence-corrected chi connectivity index (χ3v) is 7.63. The highest BCUT2D eigenvalue weighted by Crippen LogP contribution is 2.32. The summed E-state index contributed by atoms with van der Waals surface area (Å²) in [7, 11) is 0. The molecular weight excluding hydrogens is 428 g/mol. The number of hydrogen-bond acceptors (Lipinski definition) is 5. The highest BCUT2D eigenvalue weighted by molar-refractivity contribution is 5.81. The van der Waals surface area contributed by atoms with Crippen molar-refractivity contribution in [1.29, 1.82) is 0 Å². The van der Waals surface area contributed by atoms with Crippen molar-refractivity contribution in [1.82, 2.24) is 14.8 Å². The van der Waals surface area contributed by atoms with E-state index >= 15 is 0 Å². The molecule has 0 radical (unpaired) electrons. The average Bonchev–Trinajstić information content (AvgIpc) is 2.82. The zero-order chi connectivity index (χ0) is 23.7. The van der Waals surface area contributed by atoms with Gasteiger partial charge in [0.05, 0.1) is 5.92 Å². The molecular formula is C27H34N4O3. The Labute approximate surface area is 201 Å². The van der Waals surface area contributed by atoms with Crippen LogP contribution in [-0.4, -0.2) is 64.5 Å². The van der Waals surface area contributed by atoms with Gasteiger partial charge in [-0.05, 0) is 62.1 Å². The molecule has 0 bridgehead atoms. The third kappa shape index (κ3) is 4.80. The summed E-state index contributed by atoms with van der Waals surface area (Å²) in [6, 6.07) is 11.3. The molecule has 0 saturated carbocycles. The lowest BCUT2D eigenvalue weighted by molar-refractivity contribution is -0.153. The molecule has 5 rings (SSSR count). The van der Waals surface area contributed by atoms with Crippen LogP contribution in [0.3, 0.4) is 0 Å². The van der Waals surface area contributed by atoms with Gasteiger partial charge in [0.2, 0.25) is 5.91 Å². The van der Waals surface area contributed by atoms with Crippen LogP contribution in [0.25, 0.3) is 0 Å². The Hall–Kier alpha value is -2.93. The molecule has 2 fully saturated rings. The first-order valence-corrected chi connectivity index (χ1v) is 12.5. The molecule has 2 saturated heterocycles. The number of rotatable bonds is 6. The van der Waals surface area contributed by atoms with E-state index < -0.39 is 12.0 Å². The molecule has 0 aliphatic carbocycles. The summed E-state index contributed by atoms with van der Waals surface area (Å²) in [5, 5.41) is 13.2. The number of hydrogen-bond donors (Lipinski definition) is 2. The lowest BCUT2D eigenvalue weighted by Crippen LogP contribution is -2.57. The maximum Gasteiger partial charge on any atom is 0.325 e. The molecule has 7 nitrogen and oxygen atoms in total. The van der Waals surface area contributed by atoms with Crippen molar-refractivity contribution in [3.63, 3.8) is 0 Å². The van der Waals surface area contributed by atoms with Crippen LogP contribution in [0, 0.1) is 18.8 Å². The van der Waals surface area contributed by atoms with Gasteiger partial charge in [-0.1, -0.05) is 35.9 Å². The van der Waals surface area contributed by atoms with E-state index in [2.05, 4.69) is 17.4 Å². The maximum absolute atomic E-state index is 13.1. The lowest BCUT2D eigenvalue weighted by atomic mass is 9.89. The largest absolute Gasteiger partial charge is 0.480 e. The van der Waals surface area contributed by atoms with Gasteiger partial charge in [0.15, 0.2) is 0 Å². The molecule has 3 aliphatic rings. The summed E-state index contributed by atoms with van der Waals surface area (Å²) in [5.74, 6) is 0.822. The number of aliphatic carboxylic acids is 1. The minimum atomic E-state index is -0.860. The van der Waals surface area contributed by atoms with Crippen LogP contribution < -0.4 is 5.32 Å². The van der Waals surface area contributed by atoms with E-state index in [4.69, 9.17) is 4.98 Å². The van der Waals surface area contributed by atoms with Gasteiger partial charge in [0, 0.05) is 38.4 Å². The molecule has 7 heteroatoms. The number of aryl methyl sites for hydroxylation is 2. The van der Waals surface area contributed by atoms with Gasteiger partial charge in [0.25, 0.3) is 0 Å². The van der Waals surface area contributed by atoms with E-state index in [0.717, 1.165) is 68.0 Å². The zero-order valence-corrected chi connectivity index (χ0v) is 19.9. The summed E-state index contributed by atoms with van der Waals surface area (Å²) >= 11 is 0. The SMILES string of the molecule is Cc1ccc(C(C(=O)O)N2CC(C(=O)N3CCC(Cc4ccc5c(n4)NCCC5)CC3)C2)cc1. The number of anilines is 1. The van der Waals surface area contributed by atoms with E-state index in [0.29, 0.717) is 19.0 Å². The molecule has 3 aliphatic heterocycles. The highest BCUT2D eigenvalue weighted by Gasteiger charge is 2.42. The molecule has 1 unspecified atom stereocenters. The number of nitrogens with zero attached hydrogens (tertiary/aromatic N) is 3. The predicted molar refractivity (Wildman–Crippen MR) is 131 cm³/mol. The Balaban J connectivity index is 1.11. The molecule has 4 heterocycles. The van der Waals surface area contributed by atoms with Crippen LogP contribution in [0.2, 0.25) is 0 Å². The van der Waals surface area contributed by atoms with Gasteiger partial charge in [-0.2, -0.15) is 0 Å². The Kier molecular flexibility index (Phi) is 6.55. The Morgan fingerprint density at radius 1 is 1.12 bits per heavy atom. The predicted octanol–water partition coefficient (Wildman–Crippen LogP) is 3.29. The highest BCUT2D eigenvalue weighted by atomic mass is 16.4. The number of carbonyl (C=O) groups is 2. The molecule has 0 spiro atoms. The number of benzene rings is 1. The van der Waals surface area contributed by atoms with Gasteiger partial charge >= 0.3 is 5.97 Å².